The predicted octanol–water partition coefficient (Wildman–Crippen LogP) is 2.03. The number of methoxy groups -OCH3 is 1. The third-order valence-electron chi connectivity index (χ3n) is 2.81. The van der Waals surface area contributed by atoms with Crippen molar-refractivity contribution in [3.8, 4) is 5.88 Å². The Kier molecular flexibility index (Phi) is 4.70. The lowest BCUT2D eigenvalue weighted by molar-refractivity contribution is 0.397. The van der Waals surface area contributed by atoms with Crippen molar-refractivity contribution < 1.29 is 4.74 Å². The Labute approximate surface area is 118 Å². The minimum atomic E-state index is 0.414. The molecular formula is C14H19N5O. The zero-order valence-corrected chi connectivity index (χ0v) is 11.8. The van der Waals surface area contributed by atoms with E-state index in [4.69, 9.17) is 10.5 Å². The van der Waals surface area contributed by atoms with Gasteiger partial charge < -0.3 is 15.8 Å². The number of pyridine rings is 1. The molecule has 2 heterocycles. The Morgan fingerprint density at radius 1 is 1.35 bits per heavy atom. The average Bonchev–Trinajstić information content (AvgIpc) is 2.48. The first-order valence-electron chi connectivity index (χ1n) is 6.57. The standard InChI is InChI=1S/C14H19N5O/c1-3-5-11-18-13(12(15)14(19-11)20-2)17-9-10-6-4-7-16-8-10/h4,6-8H,3,5,9,15H2,1-2H3,(H,17,18,19). The van der Waals surface area contributed by atoms with Gasteiger partial charge in [0.1, 0.15) is 11.5 Å². The summed E-state index contributed by atoms with van der Waals surface area (Å²) in [6.45, 7) is 2.68. The van der Waals surface area contributed by atoms with Crippen LogP contribution in [0.2, 0.25) is 0 Å². The van der Waals surface area contributed by atoms with Crippen molar-refractivity contribution in [3.63, 3.8) is 0 Å². The summed E-state index contributed by atoms with van der Waals surface area (Å²) in [7, 11) is 1.55. The molecule has 0 saturated carbocycles. The summed E-state index contributed by atoms with van der Waals surface area (Å²) in [4.78, 5) is 12.8. The van der Waals surface area contributed by atoms with E-state index in [1.165, 1.54) is 0 Å². The van der Waals surface area contributed by atoms with E-state index >= 15 is 0 Å². The summed E-state index contributed by atoms with van der Waals surface area (Å²) in [5, 5.41) is 3.21. The van der Waals surface area contributed by atoms with Crippen molar-refractivity contribution in [3.05, 3.63) is 35.9 Å². The molecule has 3 N–H and O–H groups in total. The Balaban J connectivity index is 2.19. The van der Waals surface area contributed by atoms with Crippen molar-refractivity contribution in [2.24, 2.45) is 0 Å². The first kappa shape index (κ1) is 14.0. The lowest BCUT2D eigenvalue weighted by atomic mass is 10.3. The molecule has 0 radical (unpaired) electrons. The zero-order valence-electron chi connectivity index (χ0n) is 11.8. The monoisotopic (exact) mass is 273 g/mol. The van der Waals surface area contributed by atoms with Crippen LogP contribution in [0.5, 0.6) is 5.88 Å². The van der Waals surface area contributed by atoms with Gasteiger partial charge in [-0.15, -0.1) is 0 Å². The first-order chi connectivity index (χ1) is 9.74. The molecule has 106 valence electrons. The Morgan fingerprint density at radius 3 is 2.85 bits per heavy atom. The van der Waals surface area contributed by atoms with E-state index in [0.29, 0.717) is 23.9 Å². The molecule has 0 aliphatic heterocycles. The zero-order chi connectivity index (χ0) is 14.4. The van der Waals surface area contributed by atoms with Crippen molar-refractivity contribution in [1.29, 1.82) is 0 Å². The number of hydrogen-bond acceptors (Lipinski definition) is 6. The fraction of sp³-hybridized carbons (Fsp3) is 0.357. The third-order valence-corrected chi connectivity index (χ3v) is 2.81. The van der Waals surface area contributed by atoms with Gasteiger partial charge in [0.15, 0.2) is 5.82 Å². The molecule has 0 saturated heterocycles. The Morgan fingerprint density at radius 2 is 2.20 bits per heavy atom. The number of nitrogens with two attached hydrogens (primary N) is 1. The van der Waals surface area contributed by atoms with Crippen molar-refractivity contribution in [2.75, 3.05) is 18.2 Å². The van der Waals surface area contributed by atoms with Crippen LogP contribution in [0.25, 0.3) is 0 Å². The molecule has 0 aliphatic carbocycles. The molecule has 2 aromatic heterocycles. The van der Waals surface area contributed by atoms with E-state index in [2.05, 4.69) is 27.2 Å². The first-order valence-corrected chi connectivity index (χ1v) is 6.57. The number of nitrogen functional groups attached to an aromatic ring is 1. The largest absolute Gasteiger partial charge is 0.479 e. The highest BCUT2D eigenvalue weighted by molar-refractivity contribution is 5.66. The topological polar surface area (TPSA) is 86.0 Å². The summed E-state index contributed by atoms with van der Waals surface area (Å²) in [5.41, 5.74) is 7.48. The summed E-state index contributed by atoms with van der Waals surface area (Å²) in [5.74, 6) is 1.74. The van der Waals surface area contributed by atoms with Gasteiger partial charge in [0.05, 0.1) is 7.11 Å². The molecule has 0 bridgehead atoms. The van der Waals surface area contributed by atoms with Gasteiger partial charge in [0.2, 0.25) is 5.88 Å². The van der Waals surface area contributed by atoms with E-state index in [0.717, 1.165) is 24.2 Å². The van der Waals surface area contributed by atoms with Crippen molar-refractivity contribution >= 4 is 11.5 Å². The number of aromatic nitrogens is 3. The van der Waals surface area contributed by atoms with Gasteiger partial charge in [-0.2, -0.15) is 4.98 Å². The van der Waals surface area contributed by atoms with Gasteiger partial charge in [-0.05, 0) is 18.1 Å². The van der Waals surface area contributed by atoms with Gasteiger partial charge in [0, 0.05) is 25.4 Å². The van der Waals surface area contributed by atoms with Gasteiger partial charge in [-0.3, -0.25) is 4.98 Å². The van der Waals surface area contributed by atoms with Gasteiger partial charge in [-0.1, -0.05) is 13.0 Å². The Hall–Kier alpha value is -2.37. The Bertz CT molecular complexity index is 559. The molecular weight excluding hydrogens is 254 g/mol. The van der Waals surface area contributed by atoms with Crippen LogP contribution in [-0.2, 0) is 13.0 Å². The number of hydrogen-bond donors (Lipinski definition) is 2. The highest BCUT2D eigenvalue weighted by Crippen LogP contribution is 2.26. The van der Waals surface area contributed by atoms with Crippen LogP contribution < -0.4 is 15.8 Å². The molecule has 0 unspecified atom stereocenters. The van der Waals surface area contributed by atoms with Crippen molar-refractivity contribution in [1.82, 2.24) is 15.0 Å². The lowest BCUT2D eigenvalue weighted by Crippen LogP contribution is -2.10. The quantitative estimate of drug-likeness (QED) is 0.837. The normalized spacial score (nSPS) is 10.3. The maximum Gasteiger partial charge on any atom is 0.242 e. The fourth-order valence-corrected chi connectivity index (χ4v) is 1.81. The van der Waals surface area contributed by atoms with Crippen LogP contribution in [0.15, 0.2) is 24.5 Å². The van der Waals surface area contributed by atoms with Gasteiger partial charge in [-0.25, -0.2) is 4.98 Å². The van der Waals surface area contributed by atoms with E-state index in [-0.39, 0.29) is 0 Å². The summed E-state index contributed by atoms with van der Waals surface area (Å²) in [6, 6.07) is 3.88. The average molecular weight is 273 g/mol. The number of ether oxygens (including phenoxy) is 1. The second-order valence-corrected chi connectivity index (χ2v) is 4.38. The molecule has 0 aliphatic rings. The number of aryl methyl sites for hydroxylation is 1. The summed E-state index contributed by atoms with van der Waals surface area (Å²) in [6.07, 6.45) is 5.30. The van der Waals surface area contributed by atoms with Crippen LogP contribution in [0.4, 0.5) is 11.5 Å². The SMILES string of the molecule is CCCc1nc(NCc2cccnc2)c(N)c(OC)n1. The minimum Gasteiger partial charge on any atom is -0.479 e. The van der Waals surface area contributed by atoms with Gasteiger partial charge >= 0.3 is 0 Å². The van der Waals surface area contributed by atoms with Gasteiger partial charge in [0.25, 0.3) is 0 Å². The van der Waals surface area contributed by atoms with E-state index < -0.39 is 0 Å². The number of nitrogens with one attached hydrogen (secondary N) is 1. The second-order valence-electron chi connectivity index (χ2n) is 4.38. The summed E-state index contributed by atoms with van der Waals surface area (Å²) >= 11 is 0. The molecule has 0 amide bonds. The molecule has 0 atom stereocenters. The maximum absolute atomic E-state index is 5.99. The van der Waals surface area contributed by atoms with Crippen LogP contribution in [-0.4, -0.2) is 22.1 Å². The molecule has 20 heavy (non-hydrogen) atoms. The van der Waals surface area contributed by atoms with Crippen LogP contribution >= 0.6 is 0 Å². The number of anilines is 2. The van der Waals surface area contributed by atoms with Crippen LogP contribution in [0, 0.1) is 0 Å². The molecule has 6 nitrogen and oxygen atoms in total. The molecule has 0 fully saturated rings. The molecule has 6 heteroatoms. The lowest BCUT2D eigenvalue weighted by Gasteiger charge is -2.12. The third kappa shape index (κ3) is 3.34. The molecule has 0 spiro atoms. The predicted molar refractivity (Wildman–Crippen MR) is 78.6 cm³/mol. The molecule has 0 aromatic carbocycles. The highest BCUT2D eigenvalue weighted by Gasteiger charge is 2.11. The smallest absolute Gasteiger partial charge is 0.242 e. The second kappa shape index (κ2) is 6.70. The summed E-state index contributed by atoms with van der Waals surface area (Å²) < 4.78 is 5.20. The van der Waals surface area contributed by atoms with E-state index in [1.54, 1.807) is 19.5 Å². The van der Waals surface area contributed by atoms with Crippen molar-refractivity contribution in [2.45, 2.75) is 26.3 Å². The number of nitrogens with zero attached hydrogens (tertiary/aromatic N) is 3. The highest BCUT2D eigenvalue weighted by atomic mass is 16.5. The van der Waals surface area contributed by atoms with Crippen LogP contribution in [0.1, 0.15) is 24.7 Å². The molecule has 2 rings (SSSR count). The van der Waals surface area contributed by atoms with E-state index in [1.807, 2.05) is 12.1 Å². The number of rotatable bonds is 6. The molecule has 2 aromatic rings. The van der Waals surface area contributed by atoms with E-state index in [9.17, 15) is 0 Å². The van der Waals surface area contributed by atoms with Crippen LogP contribution in [0.3, 0.4) is 0 Å². The minimum absolute atomic E-state index is 0.414. The fourth-order valence-electron chi connectivity index (χ4n) is 1.81. The maximum atomic E-state index is 5.99.